The zero-order valence-corrected chi connectivity index (χ0v) is 16.2. The van der Waals surface area contributed by atoms with Crippen LogP contribution in [0.3, 0.4) is 0 Å². The first-order valence-corrected chi connectivity index (χ1v) is 9.98. The number of piperidine rings is 1. The van der Waals surface area contributed by atoms with Crippen molar-refractivity contribution in [2.45, 2.75) is 45.1 Å². The van der Waals surface area contributed by atoms with Crippen molar-refractivity contribution in [3.63, 3.8) is 0 Å². The van der Waals surface area contributed by atoms with Crippen LogP contribution in [0, 0.1) is 18.8 Å². The van der Waals surface area contributed by atoms with E-state index in [1.807, 2.05) is 34.6 Å². The van der Waals surface area contributed by atoms with Gasteiger partial charge in [0.05, 0.1) is 17.7 Å². The summed E-state index contributed by atoms with van der Waals surface area (Å²) in [4.78, 5) is 19.3. The van der Waals surface area contributed by atoms with Crippen molar-refractivity contribution < 1.29 is 14.6 Å². The molecule has 0 aromatic carbocycles. The van der Waals surface area contributed by atoms with Gasteiger partial charge in [-0.15, -0.1) is 0 Å². The van der Waals surface area contributed by atoms with E-state index in [2.05, 4.69) is 11.9 Å². The number of ether oxygens (including phenoxy) is 1. The van der Waals surface area contributed by atoms with Crippen LogP contribution in [-0.4, -0.2) is 57.2 Å². The first-order chi connectivity index (χ1) is 13.0. The number of carbonyl (C=O) groups excluding carboxylic acids is 1. The Hall–Kier alpha value is -1.92. The van der Waals surface area contributed by atoms with Crippen LogP contribution in [0.2, 0.25) is 0 Å². The summed E-state index contributed by atoms with van der Waals surface area (Å²) in [5.41, 5.74) is 2.24. The molecule has 0 saturated carbocycles. The van der Waals surface area contributed by atoms with Crippen molar-refractivity contribution in [2.24, 2.45) is 11.8 Å². The number of rotatable bonds is 3. The second-order valence-electron chi connectivity index (χ2n) is 8.18. The summed E-state index contributed by atoms with van der Waals surface area (Å²) in [5, 5.41) is 11.3. The molecule has 0 aliphatic carbocycles. The first-order valence-electron chi connectivity index (χ1n) is 9.98. The lowest BCUT2D eigenvalue weighted by molar-refractivity contribution is -0.150. The van der Waals surface area contributed by atoms with Crippen LogP contribution < -0.4 is 0 Å². The second-order valence-corrected chi connectivity index (χ2v) is 8.18. The number of aliphatic hydroxyl groups is 1. The molecule has 1 amide bonds. The lowest BCUT2D eigenvalue weighted by atomic mass is 9.70. The van der Waals surface area contributed by atoms with E-state index in [-0.39, 0.29) is 17.7 Å². The van der Waals surface area contributed by atoms with Gasteiger partial charge in [0.1, 0.15) is 5.65 Å². The van der Waals surface area contributed by atoms with E-state index >= 15 is 0 Å². The van der Waals surface area contributed by atoms with Crippen LogP contribution in [0.1, 0.15) is 37.4 Å². The topological polar surface area (TPSA) is 67.1 Å². The number of nitrogens with zero attached hydrogens (tertiary/aromatic N) is 3. The highest BCUT2D eigenvalue weighted by Gasteiger charge is 2.45. The Balaban J connectivity index is 1.44. The fraction of sp³-hybridized carbons (Fsp3) is 0.619. The van der Waals surface area contributed by atoms with Crippen LogP contribution in [0.4, 0.5) is 0 Å². The Morgan fingerprint density at radius 3 is 2.93 bits per heavy atom. The number of aryl methyl sites for hydroxylation is 1. The van der Waals surface area contributed by atoms with Gasteiger partial charge >= 0.3 is 0 Å². The van der Waals surface area contributed by atoms with Gasteiger partial charge in [0.25, 0.3) is 0 Å². The molecular formula is C21H29N3O3. The molecule has 2 aliphatic heterocycles. The van der Waals surface area contributed by atoms with E-state index in [0.717, 1.165) is 43.0 Å². The summed E-state index contributed by atoms with van der Waals surface area (Å²) in [6, 6.07) is 4.01. The van der Waals surface area contributed by atoms with Crippen molar-refractivity contribution in [3.05, 3.63) is 35.8 Å². The Morgan fingerprint density at radius 1 is 1.41 bits per heavy atom. The van der Waals surface area contributed by atoms with Crippen molar-refractivity contribution >= 4 is 11.6 Å². The molecule has 4 heterocycles. The number of likely N-dealkylation sites (tertiary alicyclic amines) is 1. The van der Waals surface area contributed by atoms with Crippen molar-refractivity contribution in [2.75, 3.05) is 26.3 Å². The van der Waals surface area contributed by atoms with E-state index in [9.17, 15) is 9.90 Å². The molecule has 27 heavy (non-hydrogen) atoms. The number of carbonyl (C=O) groups is 1. The summed E-state index contributed by atoms with van der Waals surface area (Å²) in [6.07, 6.45) is 6.57. The van der Waals surface area contributed by atoms with Gasteiger partial charge in [0, 0.05) is 44.6 Å². The predicted octanol–water partition coefficient (Wildman–Crippen LogP) is 2.21. The zero-order valence-electron chi connectivity index (χ0n) is 16.2. The van der Waals surface area contributed by atoms with Gasteiger partial charge in [0.2, 0.25) is 5.91 Å². The maximum atomic E-state index is 12.9. The third-order valence-electron chi connectivity index (χ3n) is 6.55. The SMILES string of the molecule is Cc1cccn2c(CC(=O)N3CC[C@@](O)(C4CCOCC4)[C@H](C)C3)cnc12. The summed E-state index contributed by atoms with van der Waals surface area (Å²) in [7, 11) is 0. The average Bonchev–Trinajstić information content (AvgIpc) is 3.09. The third-order valence-corrected chi connectivity index (χ3v) is 6.55. The van der Waals surface area contributed by atoms with E-state index in [1.165, 1.54) is 0 Å². The highest BCUT2D eigenvalue weighted by molar-refractivity contribution is 5.78. The zero-order chi connectivity index (χ0) is 19.0. The van der Waals surface area contributed by atoms with Crippen LogP contribution in [0.5, 0.6) is 0 Å². The highest BCUT2D eigenvalue weighted by atomic mass is 16.5. The number of aromatic nitrogens is 2. The summed E-state index contributed by atoms with van der Waals surface area (Å²) < 4.78 is 7.45. The molecule has 146 valence electrons. The Kier molecular flexibility index (Phi) is 4.95. The summed E-state index contributed by atoms with van der Waals surface area (Å²) >= 11 is 0. The molecule has 0 spiro atoms. The van der Waals surface area contributed by atoms with E-state index in [1.54, 1.807) is 6.20 Å². The highest BCUT2D eigenvalue weighted by Crippen LogP contribution is 2.39. The Morgan fingerprint density at radius 2 is 2.19 bits per heavy atom. The molecule has 0 unspecified atom stereocenters. The maximum Gasteiger partial charge on any atom is 0.228 e. The van der Waals surface area contributed by atoms with Crippen LogP contribution >= 0.6 is 0 Å². The molecule has 6 heteroatoms. The number of amides is 1. The van der Waals surface area contributed by atoms with Crippen LogP contribution in [0.15, 0.2) is 24.5 Å². The van der Waals surface area contributed by atoms with Gasteiger partial charge in [0.15, 0.2) is 0 Å². The largest absolute Gasteiger partial charge is 0.389 e. The number of pyridine rings is 1. The van der Waals surface area contributed by atoms with Gasteiger partial charge in [-0.2, -0.15) is 0 Å². The smallest absolute Gasteiger partial charge is 0.228 e. The molecule has 0 radical (unpaired) electrons. The monoisotopic (exact) mass is 371 g/mol. The average molecular weight is 371 g/mol. The van der Waals surface area contributed by atoms with E-state index in [4.69, 9.17) is 4.74 Å². The molecule has 2 aliphatic rings. The fourth-order valence-electron chi connectivity index (χ4n) is 4.77. The quantitative estimate of drug-likeness (QED) is 0.898. The van der Waals surface area contributed by atoms with Gasteiger partial charge < -0.3 is 19.1 Å². The molecule has 1 N–H and O–H groups in total. The van der Waals surface area contributed by atoms with Crippen molar-refractivity contribution in [1.29, 1.82) is 0 Å². The third kappa shape index (κ3) is 3.36. The van der Waals surface area contributed by atoms with Crippen molar-refractivity contribution in [1.82, 2.24) is 14.3 Å². The molecule has 2 atom stereocenters. The number of fused-ring (bicyclic) bond motifs is 1. The lowest BCUT2D eigenvalue weighted by Gasteiger charge is -2.48. The summed E-state index contributed by atoms with van der Waals surface area (Å²) in [6.45, 7) is 6.80. The molecule has 2 aromatic rings. The molecule has 2 aromatic heterocycles. The van der Waals surface area contributed by atoms with Crippen LogP contribution in [0.25, 0.3) is 5.65 Å². The predicted molar refractivity (Wildman–Crippen MR) is 102 cm³/mol. The van der Waals surface area contributed by atoms with E-state index in [0.29, 0.717) is 25.9 Å². The standard InChI is InChI=1S/C21H29N3O3/c1-15-4-3-8-24-18(13-22-20(15)24)12-19(25)23-9-7-21(26,16(2)14-23)17-5-10-27-11-6-17/h3-4,8,13,16-17,26H,5-7,9-12,14H2,1-2H3/t16-,21+/m1/s1. The summed E-state index contributed by atoms with van der Waals surface area (Å²) in [5.74, 6) is 0.460. The first kappa shape index (κ1) is 18.4. The van der Waals surface area contributed by atoms with Gasteiger partial charge in [-0.1, -0.05) is 13.0 Å². The van der Waals surface area contributed by atoms with Gasteiger partial charge in [-0.3, -0.25) is 4.79 Å². The Bertz CT molecular complexity index is 827. The number of hydrogen-bond donors (Lipinski definition) is 1. The molecular weight excluding hydrogens is 342 g/mol. The van der Waals surface area contributed by atoms with E-state index < -0.39 is 5.60 Å². The van der Waals surface area contributed by atoms with Crippen molar-refractivity contribution in [3.8, 4) is 0 Å². The maximum absolute atomic E-state index is 12.9. The fourth-order valence-corrected chi connectivity index (χ4v) is 4.77. The molecule has 2 fully saturated rings. The van der Waals surface area contributed by atoms with Gasteiger partial charge in [-0.05, 0) is 43.7 Å². The molecule has 4 rings (SSSR count). The minimum absolute atomic E-state index is 0.0720. The van der Waals surface area contributed by atoms with Crippen LogP contribution in [-0.2, 0) is 16.0 Å². The minimum atomic E-state index is -0.680. The molecule has 6 nitrogen and oxygen atoms in total. The number of hydrogen-bond acceptors (Lipinski definition) is 4. The Labute approximate surface area is 160 Å². The normalized spacial score (nSPS) is 27.2. The minimum Gasteiger partial charge on any atom is -0.389 e. The molecule has 2 saturated heterocycles. The molecule has 0 bridgehead atoms. The second kappa shape index (κ2) is 7.24. The van der Waals surface area contributed by atoms with Gasteiger partial charge in [-0.25, -0.2) is 4.98 Å². The number of imidazole rings is 1. The lowest BCUT2D eigenvalue weighted by Crippen LogP contribution is -2.57.